The molecule has 2 amide bonds. The number of carbonyl (C=O) groups is 2. The summed E-state index contributed by atoms with van der Waals surface area (Å²) in [7, 11) is 1.56. The molecule has 1 aromatic heterocycles. The maximum absolute atomic E-state index is 12.9. The number of hydrogen-bond donors (Lipinski definition) is 2. The summed E-state index contributed by atoms with van der Waals surface area (Å²) < 4.78 is 7.02. The number of methoxy groups -OCH3 is 1. The predicted octanol–water partition coefficient (Wildman–Crippen LogP) is 4.07. The number of ether oxygens (including phenoxy) is 1. The van der Waals surface area contributed by atoms with Crippen molar-refractivity contribution >= 4 is 35.0 Å². The highest BCUT2D eigenvalue weighted by Gasteiger charge is 2.26. The molecule has 3 aromatic rings. The number of nitro benzene ring substituents is 1. The van der Waals surface area contributed by atoms with E-state index in [1.165, 1.54) is 36.0 Å². The number of nitrogens with one attached hydrogen (secondary N) is 2. The SMILES string of the molecule is CCn1c(SCC(=O)Nc2cccc(OC)c2)nnc1[C@H](NC(=O)c1cccc([N+](=O)[O-])c1)C(C)C. The molecule has 2 N–H and O–H groups in total. The third-order valence-electron chi connectivity index (χ3n) is 5.30. The normalized spacial score (nSPS) is 11.7. The summed E-state index contributed by atoms with van der Waals surface area (Å²) in [5.74, 6) is 0.595. The van der Waals surface area contributed by atoms with Gasteiger partial charge in [-0.05, 0) is 31.0 Å². The first-order valence-electron chi connectivity index (χ1n) is 11.3. The molecule has 0 spiro atoms. The van der Waals surface area contributed by atoms with Crippen molar-refractivity contribution in [1.29, 1.82) is 0 Å². The zero-order valence-corrected chi connectivity index (χ0v) is 21.2. The van der Waals surface area contributed by atoms with Gasteiger partial charge in [0, 0.05) is 36.0 Å². The lowest BCUT2D eigenvalue weighted by Crippen LogP contribution is -2.33. The van der Waals surface area contributed by atoms with Crippen LogP contribution in [0.5, 0.6) is 5.75 Å². The predicted molar refractivity (Wildman–Crippen MR) is 136 cm³/mol. The Morgan fingerprint density at radius 2 is 1.92 bits per heavy atom. The van der Waals surface area contributed by atoms with Crippen LogP contribution in [-0.2, 0) is 11.3 Å². The topological polar surface area (TPSA) is 141 Å². The fourth-order valence-corrected chi connectivity index (χ4v) is 4.29. The van der Waals surface area contributed by atoms with Gasteiger partial charge < -0.3 is 19.9 Å². The quantitative estimate of drug-likeness (QED) is 0.222. The Balaban J connectivity index is 1.72. The molecule has 0 saturated heterocycles. The molecule has 1 atom stereocenters. The van der Waals surface area contributed by atoms with E-state index in [0.717, 1.165) is 0 Å². The summed E-state index contributed by atoms with van der Waals surface area (Å²) in [6.45, 7) is 6.31. The standard InChI is InChI=1S/C24H28N6O5S/c1-5-29-22(21(15(2)3)26-23(32)16-8-6-10-18(12-16)30(33)34)27-28-24(29)36-14-20(31)25-17-9-7-11-19(13-17)35-4/h6-13,15,21H,5,14H2,1-4H3,(H,25,31)(H,26,32)/t21-/m1/s1. The smallest absolute Gasteiger partial charge is 0.270 e. The average molecular weight is 513 g/mol. The van der Waals surface area contributed by atoms with Crippen LogP contribution in [0.1, 0.15) is 43.0 Å². The van der Waals surface area contributed by atoms with E-state index in [2.05, 4.69) is 20.8 Å². The third kappa shape index (κ3) is 6.60. The Bertz CT molecular complexity index is 1250. The summed E-state index contributed by atoms with van der Waals surface area (Å²) in [5, 5.41) is 25.9. The fraction of sp³-hybridized carbons (Fsp3) is 0.333. The molecule has 0 aliphatic rings. The van der Waals surface area contributed by atoms with Gasteiger partial charge in [-0.15, -0.1) is 10.2 Å². The van der Waals surface area contributed by atoms with Crippen molar-refractivity contribution in [1.82, 2.24) is 20.1 Å². The number of anilines is 1. The Hall–Kier alpha value is -3.93. The Kier molecular flexibility index (Phi) is 9.01. The summed E-state index contributed by atoms with van der Waals surface area (Å²) in [6, 6.07) is 12.1. The Morgan fingerprint density at radius 3 is 2.58 bits per heavy atom. The third-order valence-corrected chi connectivity index (χ3v) is 6.26. The van der Waals surface area contributed by atoms with Crippen molar-refractivity contribution in [2.45, 2.75) is 38.5 Å². The molecule has 0 saturated carbocycles. The van der Waals surface area contributed by atoms with Crippen LogP contribution in [0.15, 0.2) is 53.7 Å². The summed E-state index contributed by atoms with van der Waals surface area (Å²) in [6.07, 6.45) is 0. The van der Waals surface area contributed by atoms with E-state index in [1.54, 1.807) is 31.4 Å². The number of rotatable bonds is 11. The van der Waals surface area contributed by atoms with Gasteiger partial charge in [0.25, 0.3) is 11.6 Å². The molecule has 0 unspecified atom stereocenters. The highest BCUT2D eigenvalue weighted by atomic mass is 32.2. The highest BCUT2D eigenvalue weighted by Crippen LogP contribution is 2.26. The van der Waals surface area contributed by atoms with Gasteiger partial charge in [-0.2, -0.15) is 0 Å². The van der Waals surface area contributed by atoms with E-state index in [9.17, 15) is 19.7 Å². The number of benzene rings is 2. The molecule has 1 heterocycles. The lowest BCUT2D eigenvalue weighted by molar-refractivity contribution is -0.384. The molecule has 11 nitrogen and oxygen atoms in total. The number of carbonyl (C=O) groups excluding carboxylic acids is 2. The molecule has 190 valence electrons. The zero-order chi connectivity index (χ0) is 26.2. The summed E-state index contributed by atoms with van der Waals surface area (Å²) >= 11 is 1.24. The molecule has 0 radical (unpaired) electrons. The van der Waals surface area contributed by atoms with E-state index in [-0.39, 0.29) is 28.8 Å². The minimum Gasteiger partial charge on any atom is -0.497 e. The lowest BCUT2D eigenvalue weighted by atomic mass is 10.0. The number of hydrogen-bond acceptors (Lipinski definition) is 8. The van der Waals surface area contributed by atoms with Crippen molar-refractivity contribution < 1.29 is 19.2 Å². The molecular weight excluding hydrogens is 484 g/mol. The molecular formula is C24H28N6O5S. The first kappa shape index (κ1) is 26.7. The van der Waals surface area contributed by atoms with E-state index < -0.39 is 16.9 Å². The van der Waals surface area contributed by atoms with Crippen molar-refractivity contribution in [2.24, 2.45) is 5.92 Å². The summed E-state index contributed by atoms with van der Waals surface area (Å²) in [5.41, 5.74) is 0.647. The second-order valence-electron chi connectivity index (χ2n) is 8.16. The van der Waals surface area contributed by atoms with Crippen LogP contribution in [0.2, 0.25) is 0 Å². The number of non-ortho nitro benzene ring substituents is 1. The number of nitro groups is 1. The van der Waals surface area contributed by atoms with Crippen LogP contribution in [-0.4, -0.2) is 44.4 Å². The van der Waals surface area contributed by atoms with Crippen LogP contribution >= 0.6 is 11.8 Å². The van der Waals surface area contributed by atoms with Gasteiger partial charge in [0.2, 0.25) is 5.91 Å². The van der Waals surface area contributed by atoms with Crippen molar-refractivity contribution in [2.75, 3.05) is 18.2 Å². The molecule has 0 aliphatic heterocycles. The number of nitrogens with zero attached hydrogens (tertiary/aromatic N) is 4. The van der Waals surface area contributed by atoms with E-state index in [1.807, 2.05) is 25.3 Å². The van der Waals surface area contributed by atoms with Gasteiger partial charge in [-0.3, -0.25) is 19.7 Å². The first-order valence-corrected chi connectivity index (χ1v) is 12.3. The first-order chi connectivity index (χ1) is 17.2. The van der Waals surface area contributed by atoms with Crippen LogP contribution in [0, 0.1) is 16.0 Å². The van der Waals surface area contributed by atoms with E-state index in [4.69, 9.17) is 4.74 Å². The van der Waals surface area contributed by atoms with Gasteiger partial charge in [0.05, 0.1) is 23.8 Å². The van der Waals surface area contributed by atoms with E-state index in [0.29, 0.717) is 29.0 Å². The minimum atomic E-state index is -0.543. The second kappa shape index (κ2) is 12.2. The molecule has 0 bridgehead atoms. The van der Waals surface area contributed by atoms with Gasteiger partial charge in [0.1, 0.15) is 5.75 Å². The van der Waals surface area contributed by atoms with Crippen molar-refractivity contribution in [3.63, 3.8) is 0 Å². The molecule has 36 heavy (non-hydrogen) atoms. The number of thioether (sulfide) groups is 1. The maximum Gasteiger partial charge on any atom is 0.270 e. The second-order valence-corrected chi connectivity index (χ2v) is 9.10. The molecule has 12 heteroatoms. The van der Waals surface area contributed by atoms with Gasteiger partial charge >= 0.3 is 0 Å². The fourth-order valence-electron chi connectivity index (χ4n) is 3.48. The van der Waals surface area contributed by atoms with Crippen LogP contribution in [0.4, 0.5) is 11.4 Å². The van der Waals surface area contributed by atoms with Crippen molar-refractivity contribution in [3.8, 4) is 5.75 Å². The van der Waals surface area contributed by atoms with Crippen LogP contribution in [0.3, 0.4) is 0 Å². The molecule has 2 aromatic carbocycles. The van der Waals surface area contributed by atoms with Gasteiger partial charge in [0.15, 0.2) is 11.0 Å². The average Bonchev–Trinajstić information content (AvgIpc) is 3.28. The maximum atomic E-state index is 12.9. The number of aromatic nitrogens is 3. The molecule has 0 fully saturated rings. The van der Waals surface area contributed by atoms with Crippen molar-refractivity contribution in [3.05, 3.63) is 70.0 Å². The van der Waals surface area contributed by atoms with Crippen LogP contribution in [0.25, 0.3) is 0 Å². The number of amides is 2. The van der Waals surface area contributed by atoms with Gasteiger partial charge in [-0.1, -0.05) is 37.7 Å². The van der Waals surface area contributed by atoms with E-state index >= 15 is 0 Å². The van der Waals surface area contributed by atoms with Crippen LogP contribution < -0.4 is 15.4 Å². The lowest BCUT2D eigenvalue weighted by Gasteiger charge is -2.22. The Morgan fingerprint density at radius 1 is 1.17 bits per heavy atom. The largest absolute Gasteiger partial charge is 0.497 e. The Labute approximate surface area is 212 Å². The summed E-state index contributed by atoms with van der Waals surface area (Å²) in [4.78, 5) is 35.9. The molecule has 3 rings (SSSR count). The zero-order valence-electron chi connectivity index (χ0n) is 20.4. The monoisotopic (exact) mass is 512 g/mol. The molecule has 0 aliphatic carbocycles. The minimum absolute atomic E-state index is 0.0450. The van der Waals surface area contributed by atoms with Gasteiger partial charge in [-0.25, -0.2) is 0 Å². The highest BCUT2D eigenvalue weighted by molar-refractivity contribution is 7.99.